The molecule has 1 heterocycles. The number of nitrogens with one attached hydrogen (secondary N) is 2. The van der Waals surface area contributed by atoms with E-state index in [0.29, 0.717) is 37.3 Å². The molecule has 3 rings (SSSR count). The van der Waals surface area contributed by atoms with E-state index < -0.39 is 11.9 Å². The van der Waals surface area contributed by atoms with Crippen LogP contribution in [-0.2, 0) is 14.4 Å². The highest BCUT2D eigenvalue weighted by molar-refractivity contribution is 5.85. The molecule has 1 aliphatic heterocycles. The number of esters is 1. The van der Waals surface area contributed by atoms with E-state index in [1.165, 1.54) is 12.8 Å². The highest BCUT2D eigenvalue weighted by atomic mass is 35.5. The number of rotatable bonds is 9. The predicted molar refractivity (Wildman–Crippen MR) is 114 cm³/mol. The maximum atomic E-state index is 12.8. The second-order valence-corrected chi connectivity index (χ2v) is 9.24. The smallest absolute Gasteiger partial charge is 0.422 e. The van der Waals surface area contributed by atoms with Gasteiger partial charge in [-0.3, -0.25) is 10.1 Å². The third-order valence-electron chi connectivity index (χ3n) is 6.53. The molecular formula is C19H36Cl2N4O4. The summed E-state index contributed by atoms with van der Waals surface area (Å²) >= 11 is 0. The van der Waals surface area contributed by atoms with Crippen LogP contribution in [0.4, 0.5) is 4.79 Å². The van der Waals surface area contributed by atoms with Crippen LogP contribution in [0.5, 0.6) is 0 Å². The van der Waals surface area contributed by atoms with Gasteiger partial charge in [0, 0.05) is 6.42 Å². The predicted octanol–water partition coefficient (Wildman–Crippen LogP) is 2.44. The summed E-state index contributed by atoms with van der Waals surface area (Å²) in [4.78, 5) is 29.3. The topological polar surface area (TPSA) is 129 Å². The van der Waals surface area contributed by atoms with Gasteiger partial charge in [-0.2, -0.15) is 0 Å². The average Bonchev–Trinajstić information content (AvgIpc) is 3.06. The van der Waals surface area contributed by atoms with Crippen molar-refractivity contribution in [3.05, 3.63) is 0 Å². The Morgan fingerprint density at radius 3 is 2.28 bits per heavy atom. The molecule has 0 aromatic rings. The van der Waals surface area contributed by atoms with Gasteiger partial charge in [-0.25, -0.2) is 4.79 Å². The van der Waals surface area contributed by atoms with Gasteiger partial charge < -0.3 is 21.0 Å². The van der Waals surface area contributed by atoms with E-state index in [0.717, 1.165) is 19.3 Å². The lowest BCUT2D eigenvalue weighted by molar-refractivity contribution is -0.178. The summed E-state index contributed by atoms with van der Waals surface area (Å²) < 4.78 is 5.74. The van der Waals surface area contributed by atoms with Gasteiger partial charge >= 0.3 is 12.1 Å². The van der Waals surface area contributed by atoms with E-state index in [1.54, 1.807) is 0 Å². The standard InChI is InChI=1S/C19H34N4O4.2ClH/c1-12(2)5-13(10-20)6-19(22-17(25)27-23-19)26-16(24)9-18(11-21)7-14-3-4-15(14)8-18;;/h12-15,23H,3-11,20-21H2,1-2H3,(H,22,25);2*1H. The summed E-state index contributed by atoms with van der Waals surface area (Å²) in [7, 11) is 0. The van der Waals surface area contributed by atoms with Crippen molar-refractivity contribution in [3.63, 3.8) is 0 Å². The number of hydroxylamine groups is 1. The first kappa shape index (κ1) is 26.2. The van der Waals surface area contributed by atoms with Gasteiger partial charge in [0.2, 0.25) is 0 Å². The van der Waals surface area contributed by atoms with E-state index in [-0.39, 0.29) is 48.5 Å². The molecule has 0 aromatic heterocycles. The molecule has 170 valence electrons. The van der Waals surface area contributed by atoms with E-state index in [9.17, 15) is 9.59 Å². The lowest BCUT2D eigenvalue weighted by Gasteiger charge is -2.33. The Morgan fingerprint density at radius 2 is 1.86 bits per heavy atom. The minimum atomic E-state index is -1.36. The molecule has 10 heteroatoms. The number of halogens is 2. The molecule has 1 saturated heterocycles. The SMILES string of the molecule is CC(C)CC(CN)CC1(OC(=O)CC2(CN)CC3CCC3C2)NOC(=O)N1.Cl.Cl. The maximum absolute atomic E-state index is 12.8. The second kappa shape index (κ2) is 10.5. The monoisotopic (exact) mass is 454 g/mol. The fourth-order valence-corrected chi connectivity index (χ4v) is 5.15. The van der Waals surface area contributed by atoms with Gasteiger partial charge in [0.15, 0.2) is 0 Å². The zero-order valence-electron chi connectivity index (χ0n) is 17.3. The van der Waals surface area contributed by atoms with Crippen molar-refractivity contribution in [2.45, 2.75) is 64.6 Å². The number of nitrogens with two attached hydrogens (primary N) is 2. The normalized spacial score (nSPS) is 33.5. The summed E-state index contributed by atoms with van der Waals surface area (Å²) in [6.45, 7) is 5.14. The van der Waals surface area contributed by atoms with Crippen LogP contribution >= 0.6 is 24.8 Å². The molecule has 2 saturated carbocycles. The largest absolute Gasteiger partial charge is 0.430 e. The number of amides is 1. The molecule has 1 amide bonds. The maximum Gasteiger partial charge on any atom is 0.430 e. The van der Waals surface area contributed by atoms with Crippen molar-refractivity contribution in [1.82, 2.24) is 10.8 Å². The van der Waals surface area contributed by atoms with Gasteiger partial charge in [0.1, 0.15) is 0 Å². The first-order valence-electron chi connectivity index (χ1n) is 10.2. The molecule has 0 aromatic carbocycles. The van der Waals surface area contributed by atoms with Crippen LogP contribution in [0.15, 0.2) is 0 Å². The molecule has 4 unspecified atom stereocenters. The van der Waals surface area contributed by atoms with Crippen molar-refractivity contribution in [2.24, 2.45) is 40.6 Å². The van der Waals surface area contributed by atoms with Gasteiger partial charge in [-0.15, -0.1) is 24.8 Å². The molecule has 3 fully saturated rings. The van der Waals surface area contributed by atoms with Crippen molar-refractivity contribution < 1.29 is 19.2 Å². The van der Waals surface area contributed by atoms with Crippen LogP contribution in [0.1, 0.15) is 58.8 Å². The first-order chi connectivity index (χ1) is 12.8. The third kappa shape index (κ3) is 6.10. The van der Waals surface area contributed by atoms with Gasteiger partial charge in [0.25, 0.3) is 5.85 Å². The Kier molecular flexibility index (Phi) is 9.48. The molecule has 3 aliphatic rings. The van der Waals surface area contributed by atoms with Crippen LogP contribution < -0.4 is 22.3 Å². The number of carbonyl (C=O) groups is 2. The highest BCUT2D eigenvalue weighted by Crippen LogP contribution is 2.56. The van der Waals surface area contributed by atoms with Crippen LogP contribution in [0.2, 0.25) is 0 Å². The molecular weight excluding hydrogens is 419 g/mol. The molecule has 2 aliphatic carbocycles. The van der Waals surface area contributed by atoms with Crippen molar-refractivity contribution in [1.29, 1.82) is 0 Å². The minimum absolute atomic E-state index is 0. The van der Waals surface area contributed by atoms with Gasteiger partial charge in [-0.05, 0) is 74.3 Å². The van der Waals surface area contributed by atoms with Gasteiger partial charge in [-0.1, -0.05) is 19.3 Å². The number of hydrogen-bond donors (Lipinski definition) is 4. The Bertz CT molecular complexity index is 568. The number of hydrogen-bond acceptors (Lipinski definition) is 7. The summed E-state index contributed by atoms with van der Waals surface area (Å²) in [5.74, 6) is 0.212. The quantitative estimate of drug-likeness (QED) is 0.393. The molecule has 29 heavy (non-hydrogen) atoms. The van der Waals surface area contributed by atoms with Crippen molar-refractivity contribution in [2.75, 3.05) is 13.1 Å². The van der Waals surface area contributed by atoms with Crippen LogP contribution in [0.3, 0.4) is 0 Å². The van der Waals surface area contributed by atoms with E-state index >= 15 is 0 Å². The summed E-state index contributed by atoms with van der Waals surface area (Å²) in [6.07, 6.45) is 5.30. The van der Waals surface area contributed by atoms with Crippen LogP contribution in [0.25, 0.3) is 0 Å². The van der Waals surface area contributed by atoms with E-state index in [4.69, 9.17) is 21.0 Å². The molecule has 4 atom stereocenters. The number of carbonyl (C=O) groups excluding carboxylic acids is 2. The molecule has 0 spiro atoms. The van der Waals surface area contributed by atoms with Crippen molar-refractivity contribution in [3.8, 4) is 0 Å². The van der Waals surface area contributed by atoms with Crippen LogP contribution in [-0.4, -0.2) is 31.0 Å². The fraction of sp³-hybridized carbons (Fsp3) is 0.895. The minimum Gasteiger partial charge on any atom is -0.422 e. The Morgan fingerprint density at radius 1 is 1.24 bits per heavy atom. The number of fused-ring (bicyclic) bond motifs is 1. The zero-order valence-corrected chi connectivity index (χ0v) is 18.9. The van der Waals surface area contributed by atoms with E-state index in [2.05, 4.69) is 24.6 Å². The lowest BCUT2D eigenvalue weighted by Crippen LogP contribution is -2.55. The third-order valence-corrected chi connectivity index (χ3v) is 6.53. The summed E-state index contributed by atoms with van der Waals surface area (Å²) in [6, 6.07) is 0. The van der Waals surface area contributed by atoms with E-state index in [1.807, 2.05) is 0 Å². The fourth-order valence-electron chi connectivity index (χ4n) is 5.15. The summed E-state index contributed by atoms with van der Waals surface area (Å²) in [5.41, 5.74) is 14.4. The molecule has 6 N–H and O–H groups in total. The van der Waals surface area contributed by atoms with Gasteiger partial charge in [0.05, 0.1) is 6.42 Å². The molecule has 0 bridgehead atoms. The molecule has 0 radical (unpaired) electrons. The summed E-state index contributed by atoms with van der Waals surface area (Å²) in [5, 5.41) is 2.62. The van der Waals surface area contributed by atoms with Crippen LogP contribution in [0, 0.1) is 29.1 Å². The average molecular weight is 455 g/mol. The lowest BCUT2D eigenvalue weighted by atomic mass is 9.77. The Labute approximate surface area is 185 Å². The highest BCUT2D eigenvalue weighted by Gasteiger charge is 2.51. The Balaban J connectivity index is 0.00000210. The first-order valence-corrected chi connectivity index (χ1v) is 10.2. The number of ether oxygens (including phenoxy) is 1. The molecule has 8 nitrogen and oxygen atoms in total. The second-order valence-electron chi connectivity index (χ2n) is 9.24. The van der Waals surface area contributed by atoms with Crippen molar-refractivity contribution >= 4 is 36.9 Å². The Hall–Kier alpha value is -0.800. The zero-order chi connectivity index (χ0) is 19.7.